The molecule has 150 valence electrons. The van der Waals surface area contributed by atoms with Gasteiger partial charge >= 0.3 is 0 Å². The molecule has 0 atom stereocenters. The summed E-state index contributed by atoms with van der Waals surface area (Å²) < 4.78 is 2.28. The number of hydrogen-bond donors (Lipinski definition) is 0. The van der Waals surface area contributed by atoms with Gasteiger partial charge in [-0.1, -0.05) is 60.2 Å². The van der Waals surface area contributed by atoms with Crippen molar-refractivity contribution >= 4 is 0 Å². The minimum atomic E-state index is 1.27. The Morgan fingerprint density at radius 3 is 1.83 bits per heavy atom. The molecule has 0 N–H and O–H groups in total. The number of rotatable bonds is 3. The zero-order chi connectivity index (χ0) is 21.4. The van der Waals surface area contributed by atoms with Crippen molar-refractivity contribution in [2.45, 2.75) is 34.6 Å². The molecule has 1 heterocycles. The first-order valence-corrected chi connectivity index (χ1v) is 10.6. The number of pyridine rings is 1. The lowest BCUT2D eigenvalue weighted by Gasteiger charge is -2.17. The van der Waals surface area contributed by atoms with Crippen LogP contribution in [-0.2, 0) is 7.05 Å². The van der Waals surface area contributed by atoms with E-state index in [1.165, 1.54) is 61.3 Å². The van der Waals surface area contributed by atoms with E-state index in [9.17, 15) is 0 Å². The molecule has 0 saturated heterocycles. The summed E-state index contributed by atoms with van der Waals surface area (Å²) in [4.78, 5) is 0. The number of benzene rings is 3. The van der Waals surface area contributed by atoms with Crippen molar-refractivity contribution in [3.05, 3.63) is 101 Å². The van der Waals surface area contributed by atoms with Gasteiger partial charge in [0, 0.05) is 11.1 Å². The molecule has 0 unspecified atom stereocenters. The van der Waals surface area contributed by atoms with Crippen LogP contribution in [0.15, 0.2) is 72.9 Å². The Balaban J connectivity index is 1.95. The smallest absolute Gasteiger partial charge is 0.200 e. The number of nitrogens with zero attached hydrogens (tertiary/aromatic N) is 1. The van der Waals surface area contributed by atoms with Crippen LogP contribution >= 0.6 is 0 Å². The van der Waals surface area contributed by atoms with Crippen molar-refractivity contribution in [1.29, 1.82) is 0 Å². The van der Waals surface area contributed by atoms with Gasteiger partial charge in [0.1, 0.15) is 7.05 Å². The molecule has 3 aromatic carbocycles. The maximum atomic E-state index is 2.34. The van der Waals surface area contributed by atoms with E-state index in [1.807, 2.05) is 0 Å². The summed E-state index contributed by atoms with van der Waals surface area (Å²) in [6, 6.07) is 24.5. The molecule has 1 heteroatoms. The highest BCUT2D eigenvalue weighted by Crippen LogP contribution is 2.37. The van der Waals surface area contributed by atoms with Crippen LogP contribution in [0.1, 0.15) is 27.8 Å². The van der Waals surface area contributed by atoms with Gasteiger partial charge in [0.25, 0.3) is 0 Å². The van der Waals surface area contributed by atoms with Crippen LogP contribution < -0.4 is 4.57 Å². The summed E-state index contributed by atoms with van der Waals surface area (Å²) in [5.74, 6) is 0. The van der Waals surface area contributed by atoms with E-state index >= 15 is 0 Å². The van der Waals surface area contributed by atoms with E-state index in [0.29, 0.717) is 0 Å². The van der Waals surface area contributed by atoms with Crippen LogP contribution in [0.2, 0.25) is 0 Å². The van der Waals surface area contributed by atoms with E-state index in [-0.39, 0.29) is 0 Å². The lowest BCUT2D eigenvalue weighted by Crippen LogP contribution is -2.32. The van der Waals surface area contributed by atoms with Gasteiger partial charge in [0.05, 0.1) is 5.56 Å². The van der Waals surface area contributed by atoms with Gasteiger partial charge in [-0.3, -0.25) is 0 Å². The van der Waals surface area contributed by atoms with Crippen LogP contribution in [0.3, 0.4) is 0 Å². The Hall–Kier alpha value is -3.19. The number of hydrogen-bond acceptors (Lipinski definition) is 0. The predicted octanol–water partition coefficient (Wildman–Crippen LogP) is 7.05. The second kappa shape index (κ2) is 7.91. The summed E-state index contributed by atoms with van der Waals surface area (Å²) in [7, 11) is 2.16. The minimum Gasteiger partial charge on any atom is -0.200 e. The molecule has 0 aliphatic rings. The van der Waals surface area contributed by atoms with Crippen molar-refractivity contribution in [2.24, 2.45) is 7.05 Å². The zero-order valence-corrected chi connectivity index (χ0v) is 18.9. The Labute approximate surface area is 180 Å². The zero-order valence-electron chi connectivity index (χ0n) is 18.9. The quantitative estimate of drug-likeness (QED) is 0.329. The standard InChI is InChI=1S/C29H30N/c1-19-11-13-24(14-12-19)25-16-22(4)28(23(5)17-25)27-15-20(2)18-30(6)29(27)26-10-8-7-9-21(26)3/h7-18H,1-6H3/q+1. The third-order valence-corrected chi connectivity index (χ3v) is 5.96. The molecular formula is C29H30N+. The second-order valence-electron chi connectivity index (χ2n) is 8.56. The van der Waals surface area contributed by atoms with Crippen molar-refractivity contribution in [3.8, 4) is 33.5 Å². The number of aryl methyl sites for hydroxylation is 6. The highest BCUT2D eigenvalue weighted by atomic mass is 14.9. The maximum Gasteiger partial charge on any atom is 0.220 e. The lowest BCUT2D eigenvalue weighted by molar-refractivity contribution is -0.660. The molecule has 0 fully saturated rings. The van der Waals surface area contributed by atoms with Crippen LogP contribution in [-0.4, -0.2) is 0 Å². The fraction of sp³-hybridized carbons (Fsp3) is 0.207. The molecular weight excluding hydrogens is 362 g/mol. The van der Waals surface area contributed by atoms with Gasteiger partial charge in [0.2, 0.25) is 5.69 Å². The van der Waals surface area contributed by atoms with E-state index in [2.05, 4.69) is 119 Å². The molecule has 0 amide bonds. The SMILES string of the molecule is Cc1ccc(-c2cc(C)c(-c3cc(C)c[n+](C)c3-c3ccccc3C)c(C)c2)cc1. The fourth-order valence-corrected chi connectivity index (χ4v) is 4.56. The predicted molar refractivity (Wildman–Crippen MR) is 128 cm³/mol. The average Bonchev–Trinajstić information content (AvgIpc) is 2.69. The second-order valence-corrected chi connectivity index (χ2v) is 8.56. The third kappa shape index (κ3) is 3.68. The van der Waals surface area contributed by atoms with Crippen LogP contribution in [0.5, 0.6) is 0 Å². The van der Waals surface area contributed by atoms with Gasteiger partial charge in [-0.2, -0.15) is 0 Å². The Morgan fingerprint density at radius 2 is 1.20 bits per heavy atom. The number of aromatic nitrogens is 1. The molecule has 0 aliphatic heterocycles. The first kappa shape index (κ1) is 20.1. The summed E-state index contributed by atoms with van der Waals surface area (Å²) in [5, 5.41) is 0. The first-order valence-electron chi connectivity index (χ1n) is 10.6. The van der Waals surface area contributed by atoms with Crippen molar-refractivity contribution < 1.29 is 4.57 Å². The summed E-state index contributed by atoms with van der Waals surface area (Å²) in [6.07, 6.45) is 2.22. The van der Waals surface area contributed by atoms with E-state index < -0.39 is 0 Å². The molecule has 1 nitrogen and oxygen atoms in total. The maximum absolute atomic E-state index is 2.34. The van der Waals surface area contributed by atoms with Crippen LogP contribution in [0, 0.1) is 34.6 Å². The molecule has 0 saturated carbocycles. The normalized spacial score (nSPS) is 11.0. The van der Waals surface area contributed by atoms with E-state index in [4.69, 9.17) is 0 Å². The average molecular weight is 393 g/mol. The van der Waals surface area contributed by atoms with Crippen molar-refractivity contribution in [3.63, 3.8) is 0 Å². The van der Waals surface area contributed by atoms with Gasteiger partial charge in [-0.05, 0) is 80.1 Å². The van der Waals surface area contributed by atoms with Crippen molar-refractivity contribution in [1.82, 2.24) is 0 Å². The van der Waals surface area contributed by atoms with E-state index in [0.717, 1.165) is 0 Å². The molecule has 4 rings (SSSR count). The van der Waals surface area contributed by atoms with Crippen LogP contribution in [0.25, 0.3) is 33.5 Å². The third-order valence-electron chi connectivity index (χ3n) is 5.96. The van der Waals surface area contributed by atoms with Gasteiger partial charge in [-0.25, -0.2) is 4.57 Å². The highest BCUT2D eigenvalue weighted by Gasteiger charge is 2.22. The Bertz CT molecular complexity index is 1210. The molecule has 0 aliphatic carbocycles. The van der Waals surface area contributed by atoms with Gasteiger partial charge in [0.15, 0.2) is 6.20 Å². The topological polar surface area (TPSA) is 3.88 Å². The molecule has 30 heavy (non-hydrogen) atoms. The summed E-state index contributed by atoms with van der Waals surface area (Å²) in [5.41, 5.74) is 14.2. The Kier molecular flexibility index (Phi) is 5.30. The molecule has 0 spiro atoms. The van der Waals surface area contributed by atoms with E-state index in [1.54, 1.807) is 0 Å². The van der Waals surface area contributed by atoms with Crippen LogP contribution in [0.4, 0.5) is 0 Å². The lowest BCUT2D eigenvalue weighted by atomic mass is 9.88. The van der Waals surface area contributed by atoms with Gasteiger partial charge < -0.3 is 0 Å². The first-order chi connectivity index (χ1) is 14.3. The monoisotopic (exact) mass is 392 g/mol. The van der Waals surface area contributed by atoms with Gasteiger partial charge in [-0.15, -0.1) is 0 Å². The highest BCUT2D eigenvalue weighted by molar-refractivity contribution is 5.85. The fourth-order valence-electron chi connectivity index (χ4n) is 4.56. The van der Waals surface area contributed by atoms with Crippen molar-refractivity contribution in [2.75, 3.05) is 0 Å². The Morgan fingerprint density at radius 1 is 0.567 bits per heavy atom. The minimum absolute atomic E-state index is 1.27. The summed E-state index contributed by atoms with van der Waals surface area (Å²) >= 11 is 0. The molecule has 0 radical (unpaired) electrons. The molecule has 1 aromatic heterocycles. The molecule has 0 bridgehead atoms. The summed E-state index contributed by atoms with van der Waals surface area (Å²) in [6.45, 7) is 11.0. The molecule has 4 aromatic rings. The largest absolute Gasteiger partial charge is 0.220 e.